The molecular formula is C13H20BrN3O2. The Morgan fingerprint density at radius 1 is 1.37 bits per heavy atom. The Kier molecular flexibility index (Phi) is 6.24. The maximum Gasteiger partial charge on any atom is 0.273 e. The highest BCUT2D eigenvalue weighted by atomic mass is 79.9. The van der Waals surface area contributed by atoms with Gasteiger partial charge in [0.05, 0.1) is 4.92 Å². The number of halogens is 1. The van der Waals surface area contributed by atoms with E-state index in [-0.39, 0.29) is 10.6 Å². The standard InChI is InChI=1S/C13H20BrN3O2/c1-4-16(5-2)7-6-15-12-8-10(3)13(17(18)19)9-11(12)14/h8-9,15H,4-7H2,1-3H3. The predicted molar refractivity (Wildman–Crippen MR) is 81.8 cm³/mol. The first-order chi connectivity index (χ1) is 8.99. The summed E-state index contributed by atoms with van der Waals surface area (Å²) in [5, 5.41) is 14.1. The SMILES string of the molecule is CCN(CC)CCNc1cc(C)c([N+](=O)[O-])cc1Br. The lowest BCUT2D eigenvalue weighted by Gasteiger charge is -2.19. The first-order valence-corrected chi connectivity index (χ1v) is 7.19. The van der Waals surface area contributed by atoms with Gasteiger partial charge in [-0.25, -0.2) is 0 Å². The smallest absolute Gasteiger partial charge is 0.273 e. The molecule has 0 aromatic heterocycles. The van der Waals surface area contributed by atoms with Crippen LogP contribution in [0, 0.1) is 17.0 Å². The lowest BCUT2D eigenvalue weighted by molar-refractivity contribution is -0.385. The first-order valence-electron chi connectivity index (χ1n) is 6.40. The zero-order valence-corrected chi connectivity index (χ0v) is 13.2. The lowest BCUT2D eigenvalue weighted by atomic mass is 10.2. The Bertz CT molecular complexity index is 448. The second-order valence-corrected chi connectivity index (χ2v) is 5.18. The number of benzene rings is 1. The topological polar surface area (TPSA) is 58.4 Å². The summed E-state index contributed by atoms with van der Waals surface area (Å²) in [5.41, 5.74) is 1.70. The lowest BCUT2D eigenvalue weighted by Crippen LogP contribution is -2.28. The molecule has 0 saturated heterocycles. The number of nitrogens with one attached hydrogen (secondary N) is 1. The van der Waals surface area contributed by atoms with Gasteiger partial charge in [-0.1, -0.05) is 13.8 Å². The van der Waals surface area contributed by atoms with Crippen LogP contribution in [0.3, 0.4) is 0 Å². The van der Waals surface area contributed by atoms with E-state index >= 15 is 0 Å². The Hall–Kier alpha value is -1.14. The molecule has 6 heteroatoms. The fourth-order valence-electron chi connectivity index (χ4n) is 1.89. The van der Waals surface area contributed by atoms with Gasteiger partial charge in [0.1, 0.15) is 0 Å². The second kappa shape index (κ2) is 7.45. The van der Waals surface area contributed by atoms with Crippen molar-refractivity contribution in [3.63, 3.8) is 0 Å². The van der Waals surface area contributed by atoms with Crippen molar-refractivity contribution in [2.75, 3.05) is 31.5 Å². The third-order valence-corrected chi connectivity index (χ3v) is 3.78. The molecule has 0 heterocycles. The van der Waals surface area contributed by atoms with Gasteiger partial charge in [0.25, 0.3) is 5.69 Å². The number of likely N-dealkylation sites (N-methyl/N-ethyl adjacent to an activating group) is 1. The molecule has 0 unspecified atom stereocenters. The fraction of sp³-hybridized carbons (Fsp3) is 0.538. The van der Waals surface area contributed by atoms with Crippen LogP contribution in [0.4, 0.5) is 11.4 Å². The molecule has 0 aliphatic rings. The summed E-state index contributed by atoms with van der Waals surface area (Å²) in [4.78, 5) is 12.8. The minimum Gasteiger partial charge on any atom is -0.383 e. The zero-order chi connectivity index (χ0) is 14.4. The Morgan fingerprint density at radius 2 is 2.00 bits per heavy atom. The van der Waals surface area contributed by atoms with Crippen LogP contribution in [0.15, 0.2) is 16.6 Å². The van der Waals surface area contributed by atoms with Crippen LogP contribution >= 0.6 is 15.9 Å². The van der Waals surface area contributed by atoms with Gasteiger partial charge in [-0.3, -0.25) is 10.1 Å². The number of rotatable bonds is 7. The van der Waals surface area contributed by atoms with Crippen molar-refractivity contribution in [2.24, 2.45) is 0 Å². The van der Waals surface area contributed by atoms with Crippen LogP contribution in [0.2, 0.25) is 0 Å². The van der Waals surface area contributed by atoms with Crippen molar-refractivity contribution in [2.45, 2.75) is 20.8 Å². The molecule has 0 atom stereocenters. The normalized spacial score (nSPS) is 10.8. The highest BCUT2D eigenvalue weighted by molar-refractivity contribution is 9.10. The van der Waals surface area contributed by atoms with Gasteiger partial charge in [-0.05, 0) is 42.0 Å². The summed E-state index contributed by atoms with van der Waals surface area (Å²) < 4.78 is 0.726. The van der Waals surface area contributed by atoms with Crippen LogP contribution in [0.25, 0.3) is 0 Å². The molecular weight excluding hydrogens is 310 g/mol. The minimum absolute atomic E-state index is 0.140. The van der Waals surface area contributed by atoms with Crippen molar-refractivity contribution >= 4 is 27.3 Å². The van der Waals surface area contributed by atoms with E-state index in [1.54, 1.807) is 13.0 Å². The van der Waals surface area contributed by atoms with Crippen LogP contribution in [0.1, 0.15) is 19.4 Å². The molecule has 0 spiro atoms. The molecule has 0 amide bonds. The summed E-state index contributed by atoms with van der Waals surface area (Å²) in [5.74, 6) is 0. The quantitative estimate of drug-likeness (QED) is 0.615. The average molecular weight is 330 g/mol. The summed E-state index contributed by atoms with van der Waals surface area (Å²) in [6.45, 7) is 9.84. The first kappa shape index (κ1) is 15.9. The van der Waals surface area contributed by atoms with E-state index in [0.717, 1.165) is 36.3 Å². The summed E-state index contributed by atoms with van der Waals surface area (Å²) in [6, 6.07) is 3.36. The molecule has 1 rings (SSSR count). The molecule has 0 aliphatic heterocycles. The third kappa shape index (κ3) is 4.47. The van der Waals surface area contributed by atoms with Crippen molar-refractivity contribution in [3.05, 3.63) is 32.3 Å². The minimum atomic E-state index is -0.361. The number of hydrogen-bond donors (Lipinski definition) is 1. The molecule has 1 N–H and O–H groups in total. The van der Waals surface area contributed by atoms with Crippen LogP contribution < -0.4 is 5.32 Å². The van der Waals surface area contributed by atoms with Gasteiger partial charge in [0, 0.05) is 34.9 Å². The van der Waals surface area contributed by atoms with E-state index in [9.17, 15) is 10.1 Å². The van der Waals surface area contributed by atoms with Crippen molar-refractivity contribution < 1.29 is 4.92 Å². The van der Waals surface area contributed by atoms with Gasteiger partial charge < -0.3 is 10.2 Å². The number of aryl methyl sites for hydroxylation is 1. The Balaban J connectivity index is 2.69. The molecule has 106 valence electrons. The number of hydrogen-bond acceptors (Lipinski definition) is 4. The number of nitrogens with zero attached hydrogens (tertiary/aromatic N) is 2. The summed E-state index contributed by atoms with van der Waals surface area (Å²) in [6.07, 6.45) is 0. The molecule has 0 saturated carbocycles. The molecule has 0 fully saturated rings. The van der Waals surface area contributed by atoms with Crippen LogP contribution in [-0.2, 0) is 0 Å². The second-order valence-electron chi connectivity index (χ2n) is 4.33. The molecule has 1 aromatic rings. The van der Waals surface area contributed by atoms with Crippen LogP contribution in [0.5, 0.6) is 0 Å². The summed E-state index contributed by atoms with van der Waals surface area (Å²) in [7, 11) is 0. The monoisotopic (exact) mass is 329 g/mol. The van der Waals surface area contributed by atoms with Crippen molar-refractivity contribution in [3.8, 4) is 0 Å². The molecule has 19 heavy (non-hydrogen) atoms. The number of nitro groups is 1. The Morgan fingerprint density at radius 3 is 2.53 bits per heavy atom. The fourth-order valence-corrected chi connectivity index (χ4v) is 2.36. The van der Waals surface area contributed by atoms with E-state index in [2.05, 4.69) is 40.0 Å². The van der Waals surface area contributed by atoms with E-state index in [1.807, 2.05) is 6.07 Å². The maximum atomic E-state index is 10.8. The van der Waals surface area contributed by atoms with Gasteiger partial charge >= 0.3 is 0 Å². The van der Waals surface area contributed by atoms with E-state index in [4.69, 9.17) is 0 Å². The Labute approximate surface area is 122 Å². The molecule has 0 aliphatic carbocycles. The molecule has 0 radical (unpaired) electrons. The van der Waals surface area contributed by atoms with E-state index in [1.165, 1.54) is 0 Å². The third-order valence-electron chi connectivity index (χ3n) is 3.12. The van der Waals surface area contributed by atoms with Crippen molar-refractivity contribution in [1.82, 2.24) is 4.90 Å². The predicted octanol–water partition coefficient (Wildman–Crippen LogP) is 3.42. The van der Waals surface area contributed by atoms with Gasteiger partial charge in [-0.15, -0.1) is 0 Å². The molecule has 5 nitrogen and oxygen atoms in total. The van der Waals surface area contributed by atoms with Gasteiger partial charge in [0.15, 0.2) is 0 Å². The largest absolute Gasteiger partial charge is 0.383 e. The van der Waals surface area contributed by atoms with Gasteiger partial charge in [-0.2, -0.15) is 0 Å². The highest BCUT2D eigenvalue weighted by Crippen LogP contribution is 2.30. The summed E-state index contributed by atoms with van der Waals surface area (Å²) >= 11 is 3.37. The van der Waals surface area contributed by atoms with E-state index < -0.39 is 0 Å². The van der Waals surface area contributed by atoms with Crippen molar-refractivity contribution in [1.29, 1.82) is 0 Å². The van der Waals surface area contributed by atoms with E-state index in [0.29, 0.717) is 5.56 Å². The highest BCUT2D eigenvalue weighted by Gasteiger charge is 2.13. The zero-order valence-electron chi connectivity index (χ0n) is 11.6. The van der Waals surface area contributed by atoms with Crippen LogP contribution in [-0.4, -0.2) is 36.0 Å². The number of anilines is 1. The average Bonchev–Trinajstić information content (AvgIpc) is 2.37. The number of nitro benzene ring substituents is 1. The van der Waals surface area contributed by atoms with Gasteiger partial charge in [0.2, 0.25) is 0 Å². The molecule has 0 bridgehead atoms. The maximum absolute atomic E-state index is 10.8. The molecule has 1 aromatic carbocycles.